The lowest BCUT2D eigenvalue weighted by Gasteiger charge is -2.17. The predicted molar refractivity (Wildman–Crippen MR) is 104 cm³/mol. The van der Waals surface area contributed by atoms with Gasteiger partial charge in [-0.3, -0.25) is 9.59 Å². The van der Waals surface area contributed by atoms with Crippen LogP contribution in [0.5, 0.6) is 0 Å². The molecule has 0 atom stereocenters. The summed E-state index contributed by atoms with van der Waals surface area (Å²) in [5.41, 5.74) is 4.63. The molecule has 3 heteroatoms. The van der Waals surface area contributed by atoms with E-state index in [4.69, 9.17) is 0 Å². The van der Waals surface area contributed by atoms with Crippen molar-refractivity contribution in [1.29, 1.82) is 0 Å². The number of rotatable bonds is 1. The van der Waals surface area contributed by atoms with Crippen LogP contribution < -0.4 is 0 Å². The third kappa shape index (κ3) is 1.88. The Morgan fingerprint density at radius 2 is 1.38 bits per heavy atom. The average molecular weight is 337 g/mol. The lowest BCUT2D eigenvalue weighted by Crippen LogP contribution is -2.15. The molecule has 0 saturated heterocycles. The van der Waals surface area contributed by atoms with E-state index in [0.29, 0.717) is 11.1 Å². The number of aromatic nitrogens is 1. The zero-order valence-electron chi connectivity index (χ0n) is 14.2. The van der Waals surface area contributed by atoms with Crippen LogP contribution in [-0.2, 0) is 7.05 Å². The van der Waals surface area contributed by atoms with Crippen molar-refractivity contribution in [3.63, 3.8) is 0 Å². The molecule has 0 fully saturated rings. The Morgan fingerprint density at radius 1 is 0.731 bits per heavy atom. The first-order chi connectivity index (χ1) is 12.7. The first-order valence-electron chi connectivity index (χ1n) is 8.53. The van der Waals surface area contributed by atoms with E-state index in [1.54, 1.807) is 0 Å². The Hall–Kier alpha value is -3.46. The van der Waals surface area contributed by atoms with Crippen LogP contribution in [0.25, 0.3) is 32.9 Å². The Morgan fingerprint density at radius 3 is 2.15 bits per heavy atom. The maximum absolute atomic E-state index is 12.8. The number of fused-ring (bicyclic) bond motifs is 5. The maximum atomic E-state index is 12.8. The van der Waals surface area contributed by atoms with E-state index in [0.717, 1.165) is 32.9 Å². The molecule has 1 aliphatic carbocycles. The number of aryl methyl sites for hydroxylation is 1. The van der Waals surface area contributed by atoms with E-state index >= 15 is 0 Å². The van der Waals surface area contributed by atoms with Crippen molar-refractivity contribution in [1.82, 2.24) is 4.57 Å². The summed E-state index contributed by atoms with van der Waals surface area (Å²) in [4.78, 5) is 25.6. The van der Waals surface area contributed by atoms with Crippen LogP contribution in [0.1, 0.15) is 20.7 Å². The van der Waals surface area contributed by atoms with Crippen molar-refractivity contribution in [2.75, 3.05) is 0 Å². The molecule has 1 heterocycles. The van der Waals surface area contributed by atoms with Crippen LogP contribution in [0.2, 0.25) is 0 Å². The van der Waals surface area contributed by atoms with Crippen LogP contribution in [-0.4, -0.2) is 16.1 Å². The molecular weight excluding hydrogens is 322 g/mol. The molecule has 26 heavy (non-hydrogen) atoms. The smallest absolute Gasteiger partial charge is 0.188 e. The number of hydrogen-bond donors (Lipinski definition) is 0. The number of benzene rings is 3. The summed E-state index contributed by atoms with van der Waals surface area (Å²) < 4.78 is 2.02. The fourth-order valence-electron chi connectivity index (χ4n) is 4.00. The molecule has 3 aromatic carbocycles. The van der Waals surface area contributed by atoms with E-state index in [9.17, 15) is 9.59 Å². The number of allylic oxidation sites excluding steroid dienone is 2. The van der Waals surface area contributed by atoms with Crippen LogP contribution in [0.4, 0.5) is 0 Å². The van der Waals surface area contributed by atoms with Crippen molar-refractivity contribution in [2.45, 2.75) is 0 Å². The van der Waals surface area contributed by atoms with Crippen LogP contribution in [0, 0.1) is 0 Å². The molecule has 0 saturated carbocycles. The first kappa shape index (κ1) is 14.8. The Labute approximate surface area is 150 Å². The Bertz CT molecular complexity index is 1260. The third-order valence-electron chi connectivity index (χ3n) is 5.15. The lowest BCUT2D eigenvalue weighted by atomic mass is 9.85. The Balaban J connectivity index is 2.05. The standard InChI is InChI=1S/C23H15NO2/c1-24-18-10-6-5-9-15(18)17-13-16(14-7-3-2-4-8-14)21-19(25)11-12-20(26)22(21)23(17)24/h2-13H,1H3. The summed E-state index contributed by atoms with van der Waals surface area (Å²) >= 11 is 0. The third-order valence-corrected chi connectivity index (χ3v) is 5.15. The topological polar surface area (TPSA) is 39.1 Å². The Kier molecular flexibility index (Phi) is 3.01. The van der Waals surface area contributed by atoms with Gasteiger partial charge in [-0.05, 0) is 35.4 Å². The van der Waals surface area contributed by atoms with Gasteiger partial charge in [-0.2, -0.15) is 0 Å². The second-order valence-corrected chi connectivity index (χ2v) is 6.57. The van der Waals surface area contributed by atoms with Crippen LogP contribution >= 0.6 is 0 Å². The summed E-state index contributed by atoms with van der Waals surface area (Å²) in [6.07, 6.45) is 2.77. The van der Waals surface area contributed by atoms with Gasteiger partial charge in [0.2, 0.25) is 0 Å². The molecule has 0 aliphatic heterocycles. The number of carbonyl (C=O) groups is 2. The molecule has 4 aromatic rings. The maximum Gasteiger partial charge on any atom is 0.188 e. The fraction of sp³-hybridized carbons (Fsp3) is 0.0435. The molecule has 0 N–H and O–H groups in total. The summed E-state index contributed by atoms with van der Waals surface area (Å²) in [6, 6.07) is 19.9. The number of nitrogens with zero attached hydrogens (tertiary/aromatic N) is 1. The molecule has 0 unspecified atom stereocenters. The second kappa shape index (κ2) is 5.27. The van der Waals surface area contributed by atoms with Gasteiger partial charge in [0, 0.05) is 28.9 Å². The first-order valence-corrected chi connectivity index (χ1v) is 8.53. The van der Waals surface area contributed by atoms with E-state index in [2.05, 4.69) is 12.1 Å². The monoisotopic (exact) mass is 337 g/mol. The molecule has 0 bridgehead atoms. The highest BCUT2D eigenvalue weighted by Gasteiger charge is 2.28. The summed E-state index contributed by atoms with van der Waals surface area (Å²) in [5.74, 6) is -0.237. The molecule has 1 aromatic heterocycles. The molecule has 1 aliphatic rings. The van der Waals surface area contributed by atoms with E-state index in [-0.39, 0.29) is 11.6 Å². The van der Waals surface area contributed by atoms with Crippen molar-refractivity contribution in [2.24, 2.45) is 7.05 Å². The van der Waals surface area contributed by atoms with E-state index in [1.165, 1.54) is 12.2 Å². The van der Waals surface area contributed by atoms with E-state index < -0.39 is 0 Å². The SMILES string of the molecule is Cn1c2ccccc2c2cc(-c3ccccc3)c3c(c21)C(=O)C=CC3=O. The molecule has 5 rings (SSSR count). The van der Waals surface area contributed by atoms with Gasteiger partial charge in [-0.1, -0.05) is 48.5 Å². The molecular formula is C23H15NO2. The van der Waals surface area contributed by atoms with Gasteiger partial charge in [-0.25, -0.2) is 0 Å². The minimum absolute atomic E-state index is 0.117. The summed E-state index contributed by atoms with van der Waals surface area (Å²) in [7, 11) is 1.95. The van der Waals surface area contributed by atoms with Crippen LogP contribution in [0.3, 0.4) is 0 Å². The van der Waals surface area contributed by atoms with Crippen molar-refractivity contribution >= 4 is 33.4 Å². The van der Waals surface area contributed by atoms with E-state index in [1.807, 2.05) is 60.1 Å². The normalized spacial score (nSPS) is 13.6. The molecule has 3 nitrogen and oxygen atoms in total. The zero-order valence-corrected chi connectivity index (χ0v) is 14.2. The van der Waals surface area contributed by atoms with Gasteiger partial charge < -0.3 is 4.57 Å². The highest BCUT2D eigenvalue weighted by molar-refractivity contribution is 6.31. The molecule has 124 valence electrons. The average Bonchev–Trinajstić information content (AvgIpc) is 2.97. The van der Waals surface area contributed by atoms with Gasteiger partial charge in [0.25, 0.3) is 0 Å². The van der Waals surface area contributed by atoms with Gasteiger partial charge in [-0.15, -0.1) is 0 Å². The quantitative estimate of drug-likeness (QED) is 0.494. The highest BCUT2D eigenvalue weighted by atomic mass is 16.1. The minimum Gasteiger partial charge on any atom is -0.343 e. The second-order valence-electron chi connectivity index (χ2n) is 6.57. The molecule has 0 radical (unpaired) electrons. The fourth-order valence-corrected chi connectivity index (χ4v) is 4.00. The van der Waals surface area contributed by atoms with Gasteiger partial charge in [0.1, 0.15) is 0 Å². The lowest BCUT2D eigenvalue weighted by molar-refractivity contribution is 0.0995. The van der Waals surface area contributed by atoms with Crippen molar-refractivity contribution in [3.8, 4) is 11.1 Å². The summed E-state index contributed by atoms with van der Waals surface area (Å²) in [6.45, 7) is 0. The van der Waals surface area contributed by atoms with Crippen LogP contribution in [0.15, 0.2) is 72.8 Å². The largest absolute Gasteiger partial charge is 0.343 e. The zero-order chi connectivity index (χ0) is 17.8. The minimum atomic E-state index is -0.120. The van der Waals surface area contributed by atoms with Crippen molar-refractivity contribution < 1.29 is 9.59 Å². The highest BCUT2D eigenvalue weighted by Crippen LogP contribution is 2.39. The number of hydrogen-bond acceptors (Lipinski definition) is 2. The van der Waals surface area contributed by atoms with Gasteiger partial charge in [0.05, 0.1) is 11.1 Å². The number of para-hydroxylation sites is 1. The van der Waals surface area contributed by atoms with Gasteiger partial charge in [0.15, 0.2) is 11.6 Å². The number of ketones is 2. The number of carbonyl (C=O) groups excluding carboxylic acids is 2. The predicted octanol–water partition coefficient (Wildman–Crippen LogP) is 4.93. The van der Waals surface area contributed by atoms with Gasteiger partial charge >= 0.3 is 0 Å². The molecule has 0 amide bonds. The van der Waals surface area contributed by atoms with Crippen molar-refractivity contribution in [3.05, 3.63) is 83.9 Å². The molecule has 0 spiro atoms. The summed E-state index contributed by atoms with van der Waals surface area (Å²) in [5, 5.41) is 2.08.